The fourth-order valence-corrected chi connectivity index (χ4v) is 2.63. The van der Waals surface area contributed by atoms with Crippen LogP contribution in [0, 0.1) is 0 Å². The van der Waals surface area contributed by atoms with E-state index in [-0.39, 0.29) is 30.3 Å². The third kappa shape index (κ3) is 5.39. The SMILES string of the molecule is CC(=O)N[C@@H](CC(=O)N[C@H](C)c1ccc(Cl)cc1)c1ccccc1. The van der Waals surface area contributed by atoms with Crippen molar-refractivity contribution in [2.45, 2.75) is 32.4 Å². The molecular formula is C19H21ClN2O2. The predicted octanol–water partition coefficient (Wildman–Crippen LogP) is 3.78. The van der Waals surface area contributed by atoms with Gasteiger partial charge in [-0.3, -0.25) is 9.59 Å². The van der Waals surface area contributed by atoms with Crippen molar-refractivity contribution in [2.24, 2.45) is 0 Å². The van der Waals surface area contributed by atoms with Crippen molar-refractivity contribution < 1.29 is 9.59 Å². The summed E-state index contributed by atoms with van der Waals surface area (Å²) in [6, 6.07) is 16.4. The van der Waals surface area contributed by atoms with Crippen molar-refractivity contribution >= 4 is 23.4 Å². The molecule has 0 spiro atoms. The van der Waals surface area contributed by atoms with Crippen molar-refractivity contribution in [3.63, 3.8) is 0 Å². The third-order valence-corrected chi connectivity index (χ3v) is 3.97. The molecule has 0 aliphatic rings. The highest BCUT2D eigenvalue weighted by Gasteiger charge is 2.18. The second-order valence-corrected chi connectivity index (χ2v) is 6.15. The van der Waals surface area contributed by atoms with Crippen LogP contribution in [-0.2, 0) is 9.59 Å². The first-order valence-corrected chi connectivity index (χ1v) is 8.20. The molecule has 5 heteroatoms. The highest BCUT2D eigenvalue weighted by molar-refractivity contribution is 6.30. The molecule has 0 heterocycles. The van der Waals surface area contributed by atoms with E-state index < -0.39 is 0 Å². The molecule has 2 aromatic rings. The van der Waals surface area contributed by atoms with Gasteiger partial charge in [-0.15, -0.1) is 0 Å². The van der Waals surface area contributed by atoms with E-state index in [1.54, 1.807) is 12.1 Å². The van der Waals surface area contributed by atoms with Gasteiger partial charge in [-0.25, -0.2) is 0 Å². The van der Waals surface area contributed by atoms with Crippen LogP contribution in [0.15, 0.2) is 54.6 Å². The molecule has 0 unspecified atom stereocenters. The van der Waals surface area contributed by atoms with Crippen LogP contribution in [0.3, 0.4) is 0 Å². The third-order valence-electron chi connectivity index (χ3n) is 3.72. The summed E-state index contributed by atoms with van der Waals surface area (Å²) in [5.74, 6) is -0.289. The molecule has 126 valence electrons. The summed E-state index contributed by atoms with van der Waals surface area (Å²) in [6.45, 7) is 3.36. The first kappa shape index (κ1) is 18.0. The molecule has 0 aliphatic heterocycles. The zero-order chi connectivity index (χ0) is 17.5. The Kier molecular flexibility index (Phi) is 6.38. The molecule has 0 fully saturated rings. The maximum absolute atomic E-state index is 12.4. The molecule has 0 bridgehead atoms. The summed E-state index contributed by atoms with van der Waals surface area (Å²) < 4.78 is 0. The maximum atomic E-state index is 12.4. The van der Waals surface area contributed by atoms with Crippen molar-refractivity contribution in [3.8, 4) is 0 Å². The summed E-state index contributed by atoms with van der Waals surface area (Å²) in [5, 5.41) is 6.45. The Hall–Kier alpha value is -2.33. The van der Waals surface area contributed by atoms with Crippen molar-refractivity contribution in [2.75, 3.05) is 0 Å². The number of halogens is 1. The van der Waals surface area contributed by atoms with Crippen LogP contribution in [0.4, 0.5) is 0 Å². The Labute approximate surface area is 147 Å². The Morgan fingerprint density at radius 1 is 0.958 bits per heavy atom. The summed E-state index contributed by atoms with van der Waals surface area (Å²) in [7, 11) is 0. The van der Waals surface area contributed by atoms with E-state index in [9.17, 15) is 9.59 Å². The Morgan fingerprint density at radius 2 is 1.58 bits per heavy atom. The van der Waals surface area contributed by atoms with E-state index in [0.29, 0.717) is 5.02 Å². The molecule has 0 aromatic heterocycles. The van der Waals surface area contributed by atoms with Gasteiger partial charge in [-0.1, -0.05) is 54.1 Å². The standard InChI is InChI=1S/C19H21ClN2O2/c1-13(15-8-10-17(20)11-9-15)21-19(24)12-18(22-14(2)23)16-6-4-3-5-7-16/h3-11,13,18H,12H2,1-2H3,(H,21,24)(H,22,23)/t13-,18+/m1/s1. The molecule has 2 aromatic carbocycles. The van der Waals surface area contributed by atoms with E-state index in [0.717, 1.165) is 11.1 Å². The van der Waals surface area contributed by atoms with Crippen LogP contribution >= 0.6 is 11.6 Å². The molecule has 2 atom stereocenters. The van der Waals surface area contributed by atoms with Gasteiger partial charge in [0, 0.05) is 11.9 Å². The van der Waals surface area contributed by atoms with Crippen molar-refractivity contribution in [1.29, 1.82) is 0 Å². The average molecular weight is 345 g/mol. The van der Waals surface area contributed by atoms with Gasteiger partial charge in [-0.2, -0.15) is 0 Å². The van der Waals surface area contributed by atoms with Crippen LogP contribution in [0.5, 0.6) is 0 Å². The second-order valence-electron chi connectivity index (χ2n) is 5.71. The average Bonchev–Trinajstić information content (AvgIpc) is 2.55. The van der Waals surface area contributed by atoms with E-state index >= 15 is 0 Å². The first-order valence-electron chi connectivity index (χ1n) is 7.82. The smallest absolute Gasteiger partial charge is 0.222 e. The number of hydrogen-bond donors (Lipinski definition) is 2. The molecule has 0 aliphatic carbocycles. The van der Waals surface area contributed by atoms with Crippen molar-refractivity contribution in [1.82, 2.24) is 10.6 Å². The Balaban J connectivity index is 2.02. The minimum absolute atomic E-state index is 0.125. The zero-order valence-electron chi connectivity index (χ0n) is 13.8. The van der Waals surface area contributed by atoms with Crippen LogP contribution in [0.1, 0.15) is 43.5 Å². The number of amides is 2. The van der Waals surface area contributed by atoms with Gasteiger partial charge in [0.1, 0.15) is 0 Å². The van der Waals surface area contributed by atoms with Gasteiger partial charge in [0.15, 0.2) is 0 Å². The fraction of sp³-hybridized carbons (Fsp3) is 0.263. The molecule has 4 nitrogen and oxygen atoms in total. The van der Waals surface area contributed by atoms with Gasteiger partial charge in [-0.05, 0) is 30.2 Å². The zero-order valence-corrected chi connectivity index (χ0v) is 14.5. The lowest BCUT2D eigenvalue weighted by atomic mass is 10.0. The minimum Gasteiger partial charge on any atom is -0.350 e. The second kappa shape index (κ2) is 8.50. The normalized spacial score (nSPS) is 13.0. The quantitative estimate of drug-likeness (QED) is 0.837. The lowest BCUT2D eigenvalue weighted by molar-refractivity contribution is -0.123. The highest BCUT2D eigenvalue weighted by atomic mass is 35.5. The number of carbonyl (C=O) groups excluding carboxylic acids is 2. The van der Waals surface area contributed by atoms with Crippen LogP contribution < -0.4 is 10.6 Å². The van der Waals surface area contributed by atoms with E-state index in [1.165, 1.54) is 6.92 Å². The number of nitrogens with one attached hydrogen (secondary N) is 2. The molecule has 2 N–H and O–H groups in total. The molecule has 0 saturated carbocycles. The van der Waals surface area contributed by atoms with Gasteiger partial charge in [0.05, 0.1) is 18.5 Å². The monoisotopic (exact) mass is 344 g/mol. The molecule has 0 radical (unpaired) electrons. The van der Waals surface area contributed by atoms with Crippen LogP contribution in [0.2, 0.25) is 5.02 Å². The summed E-state index contributed by atoms with van der Waals surface area (Å²) in [5.41, 5.74) is 1.88. The molecule has 24 heavy (non-hydrogen) atoms. The van der Waals surface area contributed by atoms with E-state index in [4.69, 9.17) is 11.6 Å². The van der Waals surface area contributed by atoms with Crippen molar-refractivity contribution in [3.05, 3.63) is 70.7 Å². The molecule has 0 saturated heterocycles. The maximum Gasteiger partial charge on any atom is 0.222 e. The topological polar surface area (TPSA) is 58.2 Å². The largest absolute Gasteiger partial charge is 0.350 e. The number of carbonyl (C=O) groups is 2. The van der Waals surface area contributed by atoms with E-state index in [2.05, 4.69) is 10.6 Å². The minimum atomic E-state index is -0.346. The van der Waals surface area contributed by atoms with Gasteiger partial charge >= 0.3 is 0 Å². The summed E-state index contributed by atoms with van der Waals surface area (Å²) in [4.78, 5) is 23.8. The van der Waals surface area contributed by atoms with Crippen LogP contribution in [0.25, 0.3) is 0 Å². The number of rotatable bonds is 6. The summed E-state index contributed by atoms with van der Waals surface area (Å²) >= 11 is 5.88. The lowest BCUT2D eigenvalue weighted by Crippen LogP contribution is -2.33. The lowest BCUT2D eigenvalue weighted by Gasteiger charge is -2.20. The molecular weight excluding hydrogens is 324 g/mol. The Morgan fingerprint density at radius 3 is 2.17 bits per heavy atom. The predicted molar refractivity (Wildman–Crippen MR) is 95.6 cm³/mol. The van der Waals surface area contributed by atoms with Gasteiger partial charge in [0.25, 0.3) is 0 Å². The van der Waals surface area contributed by atoms with Gasteiger partial charge in [0.2, 0.25) is 11.8 Å². The van der Waals surface area contributed by atoms with Crippen LogP contribution in [-0.4, -0.2) is 11.8 Å². The van der Waals surface area contributed by atoms with Gasteiger partial charge < -0.3 is 10.6 Å². The number of hydrogen-bond acceptors (Lipinski definition) is 2. The number of benzene rings is 2. The summed E-state index contributed by atoms with van der Waals surface area (Å²) in [6.07, 6.45) is 0.182. The Bertz CT molecular complexity index is 686. The first-order chi connectivity index (χ1) is 11.5. The highest BCUT2D eigenvalue weighted by Crippen LogP contribution is 2.19. The molecule has 2 amide bonds. The molecule has 2 rings (SSSR count). The van der Waals surface area contributed by atoms with E-state index in [1.807, 2.05) is 49.4 Å². The fourth-order valence-electron chi connectivity index (χ4n) is 2.50.